The van der Waals surface area contributed by atoms with Gasteiger partial charge in [0.25, 0.3) is 0 Å². The van der Waals surface area contributed by atoms with Gasteiger partial charge < -0.3 is 34.3 Å². The lowest BCUT2D eigenvalue weighted by atomic mass is 9.47. The van der Waals surface area contributed by atoms with Gasteiger partial charge in [0.2, 0.25) is 0 Å². The number of ether oxygens (including phenoxy) is 4. The van der Waals surface area contributed by atoms with Crippen molar-refractivity contribution in [3.8, 4) is 0 Å². The minimum atomic E-state index is -1.23. The third kappa shape index (κ3) is 4.00. The summed E-state index contributed by atoms with van der Waals surface area (Å²) >= 11 is 0. The quantitative estimate of drug-likeness (QED) is 0.447. The van der Waals surface area contributed by atoms with Crippen molar-refractivity contribution in [2.75, 3.05) is 13.2 Å². The lowest BCUT2D eigenvalue weighted by Crippen LogP contribution is -2.55. The topological polar surface area (TPSA) is 97.6 Å². The molecule has 0 amide bonds. The highest BCUT2D eigenvalue weighted by Gasteiger charge is 2.68. The first-order valence-corrected chi connectivity index (χ1v) is 15.9. The van der Waals surface area contributed by atoms with Gasteiger partial charge in [-0.2, -0.15) is 0 Å². The van der Waals surface area contributed by atoms with Gasteiger partial charge in [-0.15, -0.1) is 0 Å². The summed E-state index contributed by atoms with van der Waals surface area (Å²) in [6, 6.07) is 0. The van der Waals surface area contributed by atoms with E-state index < -0.39 is 24.6 Å². The fourth-order valence-electron chi connectivity index (χ4n) is 10.8. The number of hydrogen-bond acceptors (Lipinski definition) is 7. The molecule has 0 radical (unpaired) electrons. The minimum absolute atomic E-state index is 0.0172. The summed E-state index contributed by atoms with van der Waals surface area (Å²) in [6.07, 6.45) is 8.43. The lowest BCUT2D eigenvalue weighted by molar-refractivity contribution is -0.284. The SMILES string of the molecule is C[C@@H]1CC[C@@]2(OC1)O[C@H]1C[C@H]3[C@@H]4CC=C5C[C@@H](O[C@@H]6OC[C@H](O)[C@H](O)[C@H]6O)CC[C@]5(C)[C@H]4CC[C@]3(C)[C@H]1[C@@H]2C. The molecule has 4 aliphatic carbocycles. The molecule has 0 bridgehead atoms. The summed E-state index contributed by atoms with van der Waals surface area (Å²) < 4.78 is 25.2. The standard InChI is InChI=1S/C32H50O7/c1-17-7-12-32(37-15-17)18(2)26-25(39-32)14-23-21-6-5-19-13-20(38-29-28(35)27(34)24(33)16-36-29)8-10-30(19,3)22(21)9-11-31(23,26)4/h5,17-18,20-29,33-35H,6-16H2,1-4H3/t17-,18+,20+,21-,22+,23+,24+,25+,26+,27+,28-,29+,30+,31+,32-/m1/s1. The molecule has 7 aliphatic rings. The van der Waals surface area contributed by atoms with E-state index >= 15 is 0 Å². The van der Waals surface area contributed by atoms with Gasteiger partial charge in [0.05, 0.1) is 25.4 Å². The maximum Gasteiger partial charge on any atom is 0.186 e. The molecule has 39 heavy (non-hydrogen) atoms. The van der Waals surface area contributed by atoms with Crippen LogP contribution >= 0.6 is 0 Å². The van der Waals surface area contributed by atoms with E-state index in [-0.39, 0.29) is 23.9 Å². The summed E-state index contributed by atoms with van der Waals surface area (Å²) in [5, 5.41) is 30.2. The number of allylic oxidation sites excluding steroid dienone is 1. The largest absolute Gasteiger partial charge is 0.388 e. The molecule has 3 heterocycles. The van der Waals surface area contributed by atoms with E-state index in [0.717, 1.165) is 38.7 Å². The molecule has 0 aromatic heterocycles. The van der Waals surface area contributed by atoms with Crippen LogP contribution in [-0.4, -0.2) is 71.1 Å². The molecule has 7 heteroatoms. The first-order chi connectivity index (χ1) is 18.6. The van der Waals surface area contributed by atoms with E-state index in [4.69, 9.17) is 18.9 Å². The van der Waals surface area contributed by atoms with Crippen molar-refractivity contribution in [2.45, 2.75) is 128 Å². The Morgan fingerprint density at radius 2 is 1.77 bits per heavy atom. The van der Waals surface area contributed by atoms with E-state index in [2.05, 4.69) is 33.8 Å². The first kappa shape index (κ1) is 27.3. The van der Waals surface area contributed by atoms with Crippen LogP contribution in [0.4, 0.5) is 0 Å². The van der Waals surface area contributed by atoms with Crippen molar-refractivity contribution in [3.63, 3.8) is 0 Å². The second-order valence-corrected chi connectivity index (χ2v) is 15.0. The van der Waals surface area contributed by atoms with Gasteiger partial charge in [0, 0.05) is 12.3 Å². The Labute approximate surface area is 233 Å². The third-order valence-electron chi connectivity index (χ3n) is 13.1. The fourth-order valence-corrected chi connectivity index (χ4v) is 10.8. The Balaban J connectivity index is 1.06. The van der Waals surface area contributed by atoms with Crippen molar-refractivity contribution in [1.29, 1.82) is 0 Å². The molecule has 7 rings (SSSR count). The summed E-state index contributed by atoms with van der Waals surface area (Å²) in [7, 11) is 0. The van der Waals surface area contributed by atoms with Crippen LogP contribution in [0.15, 0.2) is 11.6 Å². The maximum absolute atomic E-state index is 10.4. The molecule has 6 fully saturated rings. The summed E-state index contributed by atoms with van der Waals surface area (Å²) in [5.74, 6) is 3.44. The molecular formula is C32H50O7. The van der Waals surface area contributed by atoms with Crippen LogP contribution in [0.2, 0.25) is 0 Å². The molecule has 3 saturated carbocycles. The molecule has 0 aromatic carbocycles. The lowest BCUT2D eigenvalue weighted by Gasteiger charge is -2.58. The van der Waals surface area contributed by atoms with Gasteiger partial charge in [-0.3, -0.25) is 0 Å². The van der Waals surface area contributed by atoms with Crippen molar-refractivity contribution in [2.24, 2.45) is 46.3 Å². The van der Waals surface area contributed by atoms with Gasteiger partial charge in [-0.25, -0.2) is 0 Å². The number of aliphatic hydroxyl groups is 3. The zero-order valence-corrected chi connectivity index (χ0v) is 24.3. The van der Waals surface area contributed by atoms with Gasteiger partial charge >= 0.3 is 0 Å². The molecule has 7 nitrogen and oxygen atoms in total. The van der Waals surface area contributed by atoms with E-state index in [9.17, 15) is 15.3 Å². The number of rotatable bonds is 2. The Kier molecular flexibility index (Phi) is 6.64. The molecule has 15 atom stereocenters. The molecule has 0 aromatic rings. The van der Waals surface area contributed by atoms with Gasteiger partial charge in [0.1, 0.15) is 18.3 Å². The van der Waals surface area contributed by atoms with Crippen molar-refractivity contribution < 1.29 is 34.3 Å². The molecule has 3 saturated heterocycles. The number of fused-ring (bicyclic) bond motifs is 7. The minimum Gasteiger partial charge on any atom is -0.388 e. The number of aliphatic hydroxyl groups excluding tert-OH is 3. The third-order valence-corrected chi connectivity index (χ3v) is 13.1. The highest BCUT2D eigenvalue weighted by atomic mass is 16.7. The highest BCUT2D eigenvalue weighted by Crippen LogP contribution is 2.70. The van der Waals surface area contributed by atoms with E-state index in [0.29, 0.717) is 47.0 Å². The Hall–Kier alpha value is -0.540. The highest BCUT2D eigenvalue weighted by molar-refractivity contribution is 5.26. The summed E-state index contributed by atoms with van der Waals surface area (Å²) in [5.41, 5.74) is 2.03. The number of hydrogen-bond donors (Lipinski definition) is 3. The van der Waals surface area contributed by atoms with E-state index in [1.54, 1.807) is 0 Å². The zero-order valence-electron chi connectivity index (χ0n) is 24.3. The molecular weight excluding hydrogens is 496 g/mol. The smallest absolute Gasteiger partial charge is 0.186 e. The van der Waals surface area contributed by atoms with Crippen LogP contribution in [0, 0.1) is 46.3 Å². The normalized spacial score (nSPS) is 58.8. The molecule has 0 unspecified atom stereocenters. The Bertz CT molecular complexity index is 976. The Morgan fingerprint density at radius 1 is 0.949 bits per heavy atom. The van der Waals surface area contributed by atoms with Crippen LogP contribution in [0.3, 0.4) is 0 Å². The van der Waals surface area contributed by atoms with Crippen LogP contribution in [0.5, 0.6) is 0 Å². The van der Waals surface area contributed by atoms with Crippen LogP contribution in [0.25, 0.3) is 0 Å². The first-order valence-electron chi connectivity index (χ1n) is 15.9. The monoisotopic (exact) mass is 546 g/mol. The summed E-state index contributed by atoms with van der Waals surface area (Å²) in [6.45, 7) is 10.6. The van der Waals surface area contributed by atoms with Gasteiger partial charge in [-0.1, -0.05) is 39.3 Å². The predicted molar refractivity (Wildman–Crippen MR) is 144 cm³/mol. The second kappa shape index (κ2) is 9.48. The van der Waals surface area contributed by atoms with Crippen LogP contribution in [-0.2, 0) is 18.9 Å². The average Bonchev–Trinajstić information content (AvgIpc) is 3.36. The average molecular weight is 547 g/mol. The van der Waals surface area contributed by atoms with Crippen LogP contribution < -0.4 is 0 Å². The molecule has 220 valence electrons. The van der Waals surface area contributed by atoms with Crippen molar-refractivity contribution in [3.05, 3.63) is 11.6 Å². The van der Waals surface area contributed by atoms with E-state index in [1.807, 2.05) is 0 Å². The van der Waals surface area contributed by atoms with E-state index in [1.165, 1.54) is 31.3 Å². The summed E-state index contributed by atoms with van der Waals surface area (Å²) in [4.78, 5) is 0. The van der Waals surface area contributed by atoms with Crippen LogP contribution in [0.1, 0.15) is 85.5 Å². The molecule has 3 aliphatic heterocycles. The maximum atomic E-state index is 10.4. The Morgan fingerprint density at radius 3 is 2.54 bits per heavy atom. The predicted octanol–water partition coefficient (Wildman–Crippen LogP) is 4.18. The zero-order chi connectivity index (χ0) is 27.3. The van der Waals surface area contributed by atoms with Crippen molar-refractivity contribution >= 4 is 0 Å². The van der Waals surface area contributed by atoms with Gasteiger partial charge in [0.15, 0.2) is 12.1 Å². The fraction of sp³-hybridized carbons (Fsp3) is 0.938. The molecule has 1 spiro atoms. The van der Waals surface area contributed by atoms with Crippen molar-refractivity contribution in [1.82, 2.24) is 0 Å². The second-order valence-electron chi connectivity index (χ2n) is 15.0. The van der Waals surface area contributed by atoms with Gasteiger partial charge in [-0.05, 0) is 91.8 Å². The molecule has 3 N–H and O–H groups in total.